The summed E-state index contributed by atoms with van der Waals surface area (Å²) in [7, 11) is 0. The van der Waals surface area contributed by atoms with E-state index in [1.165, 1.54) is 24.8 Å². The maximum atomic E-state index is 12.8. The Morgan fingerprint density at radius 2 is 2.11 bits per heavy atom. The molecule has 0 N–H and O–H groups in total. The lowest BCUT2D eigenvalue weighted by atomic mass is 9.47. The first-order chi connectivity index (χ1) is 12.9. The largest absolute Gasteiger partial charge is 0.472 e. The van der Waals surface area contributed by atoms with Crippen molar-refractivity contribution < 1.29 is 13.9 Å². The molecule has 2 fully saturated rings. The molecule has 0 aromatic carbocycles. The van der Waals surface area contributed by atoms with Crippen molar-refractivity contribution in [2.75, 3.05) is 6.61 Å². The van der Waals surface area contributed by atoms with E-state index in [-0.39, 0.29) is 16.9 Å². The second kappa shape index (κ2) is 7.24. The molecular weight excluding hydrogens is 336 g/mol. The highest BCUT2D eigenvalue weighted by Crippen LogP contribution is 2.60. The highest BCUT2D eigenvalue weighted by Gasteiger charge is 2.55. The first kappa shape index (κ1) is 19.0. The summed E-state index contributed by atoms with van der Waals surface area (Å²) in [5.74, 6) is 1.75. The van der Waals surface area contributed by atoms with E-state index in [0.717, 1.165) is 44.3 Å². The van der Waals surface area contributed by atoms with E-state index in [9.17, 15) is 4.79 Å². The molecule has 2 saturated carbocycles. The summed E-state index contributed by atoms with van der Waals surface area (Å²) in [5, 5.41) is 0. The van der Waals surface area contributed by atoms with Crippen molar-refractivity contribution in [3.8, 4) is 0 Å². The number of hydrogen-bond acceptors (Lipinski definition) is 3. The molecule has 2 heterocycles. The fourth-order valence-corrected chi connectivity index (χ4v) is 6.15. The summed E-state index contributed by atoms with van der Waals surface area (Å²) in [6.07, 6.45) is 14.6. The molecule has 5 atom stereocenters. The molecule has 1 aromatic heterocycles. The first-order valence-corrected chi connectivity index (χ1v) is 10.8. The molecule has 0 spiro atoms. The van der Waals surface area contributed by atoms with Crippen LogP contribution in [0.4, 0.5) is 0 Å². The number of furan rings is 1. The summed E-state index contributed by atoms with van der Waals surface area (Å²) < 4.78 is 11.3. The van der Waals surface area contributed by atoms with E-state index in [2.05, 4.69) is 26.8 Å². The molecular formula is C24H34O3. The number of Topliss-reactive ketones (excluding diaryl/α,β-unsaturated/α-hetero) is 1. The average Bonchev–Trinajstić information content (AvgIpc) is 3.21. The third-order valence-electron chi connectivity index (χ3n) is 8.31. The molecule has 2 aliphatic carbocycles. The Balaban J connectivity index is 1.44. The second-order valence-electron chi connectivity index (χ2n) is 9.69. The molecule has 0 radical (unpaired) electrons. The van der Waals surface area contributed by atoms with E-state index in [0.29, 0.717) is 17.6 Å². The lowest BCUT2D eigenvalue weighted by Gasteiger charge is -2.57. The van der Waals surface area contributed by atoms with Crippen molar-refractivity contribution in [3.05, 3.63) is 35.8 Å². The lowest BCUT2D eigenvalue weighted by molar-refractivity contribution is -0.149. The minimum Gasteiger partial charge on any atom is -0.472 e. The monoisotopic (exact) mass is 370 g/mol. The van der Waals surface area contributed by atoms with Crippen LogP contribution < -0.4 is 0 Å². The smallest absolute Gasteiger partial charge is 0.139 e. The van der Waals surface area contributed by atoms with Crippen molar-refractivity contribution in [1.29, 1.82) is 0 Å². The van der Waals surface area contributed by atoms with Gasteiger partial charge in [-0.3, -0.25) is 4.79 Å². The van der Waals surface area contributed by atoms with Crippen LogP contribution in [-0.4, -0.2) is 12.4 Å². The van der Waals surface area contributed by atoms with Gasteiger partial charge in [-0.15, -0.1) is 0 Å². The molecule has 148 valence electrons. The van der Waals surface area contributed by atoms with Crippen molar-refractivity contribution >= 4 is 5.78 Å². The number of rotatable bonds is 4. The maximum absolute atomic E-state index is 12.8. The molecule has 4 rings (SSSR count). The van der Waals surface area contributed by atoms with Crippen LogP contribution in [0.3, 0.4) is 0 Å². The van der Waals surface area contributed by atoms with Crippen LogP contribution in [0, 0.1) is 22.7 Å². The molecule has 1 aromatic rings. The van der Waals surface area contributed by atoms with Gasteiger partial charge >= 0.3 is 0 Å². The summed E-state index contributed by atoms with van der Waals surface area (Å²) in [6.45, 7) is 7.87. The predicted octanol–water partition coefficient (Wildman–Crippen LogP) is 6.26. The molecule has 0 amide bonds. The Morgan fingerprint density at radius 3 is 2.81 bits per heavy atom. The first-order valence-electron chi connectivity index (χ1n) is 10.8. The van der Waals surface area contributed by atoms with Gasteiger partial charge < -0.3 is 9.15 Å². The van der Waals surface area contributed by atoms with Crippen molar-refractivity contribution in [2.24, 2.45) is 22.7 Å². The molecule has 27 heavy (non-hydrogen) atoms. The summed E-state index contributed by atoms with van der Waals surface area (Å²) in [4.78, 5) is 12.8. The Kier molecular flexibility index (Phi) is 5.09. The molecule has 1 aliphatic heterocycles. The normalized spacial score (nSPS) is 39.7. The number of carbonyl (C=O) groups excluding carboxylic acids is 1. The standard InChI is InChI=1S/C24H34O3/c1-17-9-12-24(3)21(5-4-6-22(24)25)23(17,2)13-10-18-7-8-20(27-15-18)19-11-14-26-16-19/h7,11,14,16-17,20-21H,4-6,8-10,12-13,15H2,1-3H3/t17-,20+,21+,23-,24+/m0/s1. The van der Waals surface area contributed by atoms with Gasteiger partial charge in [0.05, 0.1) is 25.2 Å². The van der Waals surface area contributed by atoms with E-state index in [4.69, 9.17) is 9.15 Å². The van der Waals surface area contributed by atoms with Crippen LogP contribution in [0.1, 0.15) is 83.8 Å². The third kappa shape index (κ3) is 3.33. The summed E-state index contributed by atoms with van der Waals surface area (Å²) in [6, 6.07) is 2.00. The van der Waals surface area contributed by atoms with E-state index >= 15 is 0 Å². The van der Waals surface area contributed by atoms with Crippen LogP contribution in [0.25, 0.3) is 0 Å². The predicted molar refractivity (Wildman–Crippen MR) is 106 cm³/mol. The maximum Gasteiger partial charge on any atom is 0.139 e. The van der Waals surface area contributed by atoms with Crippen molar-refractivity contribution in [2.45, 2.75) is 78.2 Å². The van der Waals surface area contributed by atoms with Gasteiger partial charge in [-0.2, -0.15) is 0 Å². The third-order valence-corrected chi connectivity index (χ3v) is 8.31. The Hall–Kier alpha value is -1.35. The molecule has 3 nitrogen and oxygen atoms in total. The number of fused-ring (bicyclic) bond motifs is 1. The quantitative estimate of drug-likeness (QED) is 0.587. The van der Waals surface area contributed by atoms with Gasteiger partial charge in [0.2, 0.25) is 0 Å². The van der Waals surface area contributed by atoms with E-state index < -0.39 is 0 Å². The molecule has 0 unspecified atom stereocenters. The molecule has 0 bridgehead atoms. The van der Waals surface area contributed by atoms with Gasteiger partial charge in [0.1, 0.15) is 5.78 Å². The molecule has 3 heteroatoms. The fraction of sp³-hybridized carbons (Fsp3) is 0.708. The van der Waals surface area contributed by atoms with Crippen LogP contribution in [0.15, 0.2) is 34.7 Å². The Morgan fingerprint density at radius 1 is 1.26 bits per heavy atom. The summed E-state index contributed by atoms with van der Waals surface area (Å²) >= 11 is 0. The van der Waals surface area contributed by atoms with Gasteiger partial charge in [-0.05, 0) is 73.8 Å². The topological polar surface area (TPSA) is 39.4 Å². The van der Waals surface area contributed by atoms with E-state index in [1.54, 1.807) is 12.5 Å². The van der Waals surface area contributed by atoms with Crippen LogP contribution in [-0.2, 0) is 9.53 Å². The number of hydrogen-bond donors (Lipinski definition) is 0. The van der Waals surface area contributed by atoms with Crippen molar-refractivity contribution in [3.63, 3.8) is 0 Å². The minimum atomic E-state index is -0.0800. The zero-order valence-electron chi connectivity index (χ0n) is 17.1. The average molecular weight is 371 g/mol. The van der Waals surface area contributed by atoms with Gasteiger partial charge in [-0.1, -0.05) is 26.8 Å². The van der Waals surface area contributed by atoms with Gasteiger partial charge in [-0.25, -0.2) is 0 Å². The molecule has 0 saturated heterocycles. The number of ether oxygens (including phenoxy) is 1. The van der Waals surface area contributed by atoms with Crippen LogP contribution in [0.5, 0.6) is 0 Å². The number of carbonyl (C=O) groups is 1. The second-order valence-corrected chi connectivity index (χ2v) is 9.69. The Labute approximate surface area is 163 Å². The van der Waals surface area contributed by atoms with Gasteiger partial charge in [0.15, 0.2) is 0 Å². The zero-order valence-corrected chi connectivity index (χ0v) is 17.1. The van der Waals surface area contributed by atoms with Crippen LogP contribution in [0.2, 0.25) is 0 Å². The molecule has 3 aliphatic rings. The van der Waals surface area contributed by atoms with Crippen molar-refractivity contribution in [1.82, 2.24) is 0 Å². The van der Waals surface area contributed by atoms with Gasteiger partial charge in [0, 0.05) is 17.4 Å². The van der Waals surface area contributed by atoms with E-state index in [1.807, 2.05) is 6.07 Å². The SMILES string of the molecule is C[C@H]1CC[C@@]2(C)C(=O)CCC[C@@H]2[C@@]1(C)CCC1=CC[C@H](c2ccoc2)OC1. The summed E-state index contributed by atoms with van der Waals surface area (Å²) in [5.41, 5.74) is 2.74. The fourth-order valence-electron chi connectivity index (χ4n) is 6.15. The highest BCUT2D eigenvalue weighted by atomic mass is 16.5. The minimum absolute atomic E-state index is 0.0800. The zero-order chi connectivity index (χ0) is 19.1. The van der Waals surface area contributed by atoms with Gasteiger partial charge in [0.25, 0.3) is 0 Å². The number of ketones is 1. The lowest BCUT2D eigenvalue weighted by Crippen LogP contribution is -2.53. The Bertz CT molecular complexity index is 703. The van der Waals surface area contributed by atoms with Crippen LogP contribution >= 0.6 is 0 Å². The highest BCUT2D eigenvalue weighted by molar-refractivity contribution is 5.85.